The van der Waals surface area contributed by atoms with E-state index in [1.165, 1.54) is 12.1 Å². The van der Waals surface area contributed by atoms with Crippen molar-refractivity contribution in [3.05, 3.63) is 48.0 Å². The van der Waals surface area contributed by atoms with Crippen LogP contribution in [0.1, 0.15) is 31.1 Å². The number of fused-ring (bicyclic) bond motifs is 1. The molecule has 0 spiro atoms. The highest BCUT2D eigenvalue weighted by Crippen LogP contribution is 2.28. The first kappa shape index (κ1) is 16.4. The predicted octanol–water partition coefficient (Wildman–Crippen LogP) is 4.27. The number of hydrogen-bond donors (Lipinski definition) is 0. The molecule has 0 aromatic heterocycles. The van der Waals surface area contributed by atoms with E-state index in [-0.39, 0.29) is 5.56 Å². The van der Waals surface area contributed by atoms with Gasteiger partial charge in [-0.1, -0.05) is 48.0 Å². The molecule has 0 aliphatic heterocycles. The van der Waals surface area contributed by atoms with E-state index in [0.717, 1.165) is 10.8 Å². The van der Waals surface area contributed by atoms with Gasteiger partial charge >= 0.3 is 11.1 Å². The number of Topliss-reactive ketones (excluding diaryl/α,β-unsaturated/α-hetero) is 1. The Morgan fingerprint density at radius 2 is 1.64 bits per heavy atom. The van der Waals surface area contributed by atoms with E-state index in [4.69, 9.17) is 16.3 Å². The Hall–Kier alpha value is -1.94. The molecule has 0 fully saturated rings. The third kappa shape index (κ3) is 3.45. The molecule has 0 radical (unpaired) electrons. The Balaban J connectivity index is 2.33. The summed E-state index contributed by atoms with van der Waals surface area (Å²) in [5.74, 6) is -2.53. The fraction of sp³-hybridized carbons (Fsp3) is 0.294. The van der Waals surface area contributed by atoms with E-state index < -0.39 is 22.5 Å². The van der Waals surface area contributed by atoms with E-state index >= 15 is 0 Å². The van der Waals surface area contributed by atoms with Crippen molar-refractivity contribution in [1.29, 1.82) is 0 Å². The fourth-order valence-electron chi connectivity index (χ4n) is 1.95. The maximum atomic E-state index is 14.4. The molecule has 0 unspecified atom stereocenters. The number of esters is 1. The molecule has 2 aromatic carbocycles. The number of rotatable bonds is 3. The summed E-state index contributed by atoms with van der Waals surface area (Å²) in [5.41, 5.74) is -0.922. The topological polar surface area (TPSA) is 43.4 Å². The summed E-state index contributed by atoms with van der Waals surface area (Å²) in [6, 6.07) is 11.9. The average molecular weight is 323 g/mol. The molecule has 0 bridgehead atoms. The second-order valence-electron chi connectivity index (χ2n) is 5.97. The first-order valence-electron chi connectivity index (χ1n) is 6.76. The standard InChI is InChI=1S/C17H16ClFO3/c1-16(2,3)22-15(21)17(18,19)14(20)13-9-8-11-6-4-5-7-12(11)10-13/h4-10H,1-3H3/t17-/m1/s1. The van der Waals surface area contributed by atoms with Gasteiger partial charge in [0, 0.05) is 5.56 Å². The molecule has 0 saturated carbocycles. The number of carbonyl (C=O) groups excluding carboxylic acids is 2. The van der Waals surface area contributed by atoms with Gasteiger partial charge in [0.25, 0.3) is 0 Å². The van der Waals surface area contributed by atoms with Crippen LogP contribution in [-0.2, 0) is 9.53 Å². The van der Waals surface area contributed by atoms with Gasteiger partial charge < -0.3 is 4.74 Å². The molecule has 2 aromatic rings. The number of carbonyl (C=O) groups is 2. The van der Waals surface area contributed by atoms with Crippen molar-refractivity contribution < 1.29 is 18.7 Å². The number of ketones is 1. The maximum absolute atomic E-state index is 14.4. The van der Waals surface area contributed by atoms with Crippen molar-refractivity contribution >= 4 is 34.1 Å². The van der Waals surface area contributed by atoms with Crippen molar-refractivity contribution in [1.82, 2.24) is 0 Å². The molecule has 3 nitrogen and oxygen atoms in total. The summed E-state index contributed by atoms with van der Waals surface area (Å²) in [5, 5.41) is -1.59. The molecule has 0 aliphatic rings. The molecule has 0 amide bonds. The predicted molar refractivity (Wildman–Crippen MR) is 83.8 cm³/mol. The number of benzene rings is 2. The Morgan fingerprint density at radius 1 is 1.05 bits per heavy atom. The first-order valence-corrected chi connectivity index (χ1v) is 7.14. The van der Waals surface area contributed by atoms with E-state index in [2.05, 4.69) is 0 Å². The SMILES string of the molecule is CC(C)(C)OC(=O)[C@@](F)(Cl)C(=O)c1ccc2ccccc2c1. The molecular formula is C17H16ClFO3. The van der Waals surface area contributed by atoms with Crippen LogP contribution in [0.4, 0.5) is 4.39 Å². The van der Waals surface area contributed by atoms with Crippen LogP contribution in [0.2, 0.25) is 0 Å². The van der Waals surface area contributed by atoms with Crippen molar-refractivity contribution in [3.8, 4) is 0 Å². The summed E-state index contributed by atoms with van der Waals surface area (Å²) in [6.45, 7) is 4.70. The molecular weight excluding hydrogens is 307 g/mol. The van der Waals surface area contributed by atoms with Crippen molar-refractivity contribution in [2.24, 2.45) is 0 Å². The summed E-state index contributed by atoms with van der Waals surface area (Å²) in [4.78, 5) is 24.0. The van der Waals surface area contributed by atoms with E-state index in [1.54, 1.807) is 39.0 Å². The minimum Gasteiger partial charge on any atom is -0.456 e. The third-order valence-electron chi connectivity index (χ3n) is 2.95. The van der Waals surface area contributed by atoms with Gasteiger partial charge in [0.15, 0.2) is 0 Å². The summed E-state index contributed by atoms with van der Waals surface area (Å²) in [7, 11) is 0. The average Bonchev–Trinajstić information content (AvgIpc) is 2.44. The minimum absolute atomic E-state index is 0.0158. The molecule has 22 heavy (non-hydrogen) atoms. The monoisotopic (exact) mass is 322 g/mol. The van der Waals surface area contributed by atoms with Gasteiger partial charge in [-0.05, 0) is 37.6 Å². The second kappa shape index (κ2) is 5.69. The van der Waals surface area contributed by atoms with E-state index in [0.29, 0.717) is 0 Å². The quantitative estimate of drug-likeness (QED) is 0.367. The van der Waals surface area contributed by atoms with Gasteiger partial charge in [-0.2, -0.15) is 0 Å². The Labute approximate surface area is 133 Å². The lowest BCUT2D eigenvalue weighted by atomic mass is 10.0. The third-order valence-corrected chi connectivity index (χ3v) is 3.28. The van der Waals surface area contributed by atoms with Gasteiger partial charge in [-0.25, -0.2) is 9.18 Å². The zero-order valence-electron chi connectivity index (χ0n) is 12.5. The van der Waals surface area contributed by atoms with E-state index in [1.807, 2.05) is 12.1 Å². The number of alkyl halides is 2. The highest BCUT2D eigenvalue weighted by molar-refractivity contribution is 6.46. The number of hydrogen-bond acceptors (Lipinski definition) is 3. The smallest absolute Gasteiger partial charge is 0.368 e. The fourth-order valence-corrected chi connectivity index (χ4v) is 2.09. The van der Waals surface area contributed by atoms with Crippen LogP contribution in [0.5, 0.6) is 0 Å². The summed E-state index contributed by atoms with van der Waals surface area (Å²) < 4.78 is 19.3. The van der Waals surface area contributed by atoms with Gasteiger partial charge in [0.1, 0.15) is 5.60 Å². The molecule has 116 valence electrons. The maximum Gasteiger partial charge on any atom is 0.368 e. The zero-order valence-corrected chi connectivity index (χ0v) is 13.3. The number of ether oxygens (including phenoxy) is 1. The van der Waals surface area contributed by atoms with Gasteiger partial charge in [0.2, 0.25) is 5.78 Å². The van der Waals surface area contributed by atoms with Crippen LogP contribution in [0, 0.1) is 0 Å². The van der Waals surface area contributed by atoms with Crippen LogP contribution >= 0.6 is 11.6 Å². The highest BCUT2D eigenvalue weighted by Gasteiger charge is 2.48. The summed E-state index contributed by atoms with van der Waals surface area (Å²) in [6.07, 6.45) is 0. The van der Waals surface area contributed by atoms with Crippen LogP contribution < -0.4 is 0 Å². The molecule has 0 saturated heterocycles. The molecule has 0 aliphatic carbocycles. The largest absolute Gasteiger partial charge is 0.456 e. The lowest BCUT2D eigenvalue weighted by Crippen LogP contribution is -2.41. The normalized spacial score (nSPS) is 14.4. The van der Waals surface area contributed by atoms with Crippen LogP contribution in [-0.4, -0.2) is 22.5 Å². The lowest BCUT2D eigenvalue weighted by molar-refractivity contribution is -0.161. The Kier molecular flexibility index (Phi) is 4.25. The van der Waals surface area contributed by atoms with Crippen molar-refractivity contribution in [2.75, 3.05) is 0 Å². The number of halogens is 2. The molecule has 0 N–H and O–H groups in total. The minimum atomic E-state index is -3.24. The zero-order chi connectivity index (χ0) is 16.5. The van der Waals surface area contributed by atoms with Gasteiger partial charge in [-0.3, -0.25) is 4.79 Å². The molecule has 1 atom stereocenters. The molecule has 5 heteroatoms. The first-order chi connectivity index (χ1) is 10.1. The molecule has 0 heterocycles. The Morgan fingerprint density at radius 3 is 2.23 bits per heavy atom. The van der Waals surface area contributed by atoms with Gasteiger partial charge in [0.05, 0.1) is 0 Å². The van der Waals surface area contributed by atoms with Crippen LogP contribution in [0.25, 0.3) is 10.8 Å². The Bertz CT molecular complexity index is 732. The summed E-state index contributed by atoms with van der Waals surface area (Å²) >= 11 is 5.54. The lowest BCUT2D eigenvalue weighted by Gasteiger charge is -2.23. The van der Waals surface area contributed by atoms with Crippen molar-refractivity contribution in [3.63, 3.8) is 0 Å². The highest BCUT2D eigenvalue weighted by atomic mass is 35.5. The van der Waals surface area contributed by atoms with Crippen molar-refractivity contribution in [2.45, 2.75) is 31.5 Å². The second-order valence-corrected chi connectivity index (χ2v) is 6.49. The van der Waals surface area contributed by atoms with Crippen LogP contribution in [0.3, 0.4) is 0 Å². The van der Waals surface area contributed by atoms with E-state index in [9.17, 15) is 14.0 Å². The van der Waals surface area contributed by atoms with Crippen LogP contribution in [0.15, 0.2) is 42.5 Å². The van der Waals surface area contributed by atoms with Gasteiger partial charge in [-0.15, -0.1) is 0 Å². The molecule has 2 rings (SSSR count).